The highest BCUT2D eigenvalue weighted by atomic mass is 16.2. The Bertz CT molecular complexity index is 848. The number of benzene rings is 2. The second-order valence-corrected chi connectivity index (χ2v) is 5.10. The van der Waals surface area contributed by atoms with Crippen LogP contribution in [0.25, 0.3) is 6.08 Å². The number of fused-ring (bicyclic) bond motifs is 1. The predicted molar refractivity (Wildman–Crippen MR) is 87.2 cm³/mol. The molecule has 0 saturated heterocycles. The molecule has 0 atom stereocenters. The van der Waals surface area contributed by atoms with E-state index in [9.17, 15) is 4.79 Å². The van der Waals surface area contributed by atoms with E-state index in [1.165, 1.54) is 0 Å². The zero-order valence-corrected chi connectivity index (χ0v) is 11.7. The van der Waals surface area contributed by atoms with Crippen molar-refractivity contribution in [3.8, 4) is 0 Å². The molecule has 2 aromatic rings. The summed E-state index contributed by atoms with van der Waals surface area (Å²) in [6, 6.07) is 17.7. The Morgan fingerprint density at radius 3 is 2.50 bits per heavy atom. The monoisotopic (exact) mass is 287 g/mol. The lowest BCUT2D eigenvalue weighted by molar-refractivity contribution is -0.116. The molecule has 2 N–H and O–H groups in total. The molecule has 0 bridgehead atoms. The van der Waals surface area contributed by atoms with Gasteiger partial charge in [-0.25, -0.2) is 5.43 Å². The minimum Gasteiger partial charge on any atom is -0.354 e. The summed E-state index contributed by atoms with van der Waals surface area (Å²) in [4.78, 5) is 12.2. The molecule has 1 amide bonds. The number of carbonyl (C=O) groups excluding carboxylic acids is 1. The molecule has 0 unspecified atom stereocenters. The number of hydrogen-bond acceptors (Lipinski definition) is 3. The SMILES string of the molecule is O=C1NN=C(c2ccccc2)/C1=C1\C=Cc2ccccc2N1. The lowest BCUT2D eigenvalue weighted by Crippen LogP contribution is -2.19. The molecule has 0 aromatic heterocycles. The summed E-state index contributed by atoms with van der Waals surface area (Å²) in [6.07, 6.45) is 3.92. The van der Waals surface area contributed by atoms with Crippen LogP contribution < -0.4 is 10.7 Å². The number of anilines is 1. The first-order chi connectivity index (χ1) is 10.8. The summed E-state index contributed by atoms with van der Waals surface area (Å²) in [5.74, 6) is -0.189. The van der Waals surface area contributed by atoms with Gasteiger partial charge in [-0.15, -0.1) is 0 Å². The van der Waals surface area contributed by atoms with E-state index in [1.54, 1.807) is 0 Å². The summed E-state index contributed by atoms with van der Waals surface area (Å²) in [5.41, 5.74) is 7.55. The molecule has 2 heterocycles. The number of nitrogens with one attached hydrogen (secondary N) is 2. The van der Waals surface area contributed by atoms with E-state index in [1.807, 2.05) is 66.7 Å². The van der Waals surface area contributed by atoms with Crippen molar-refractivity contribution in [2.24, 2.45) is 5.10 Å². The normalized spacial score (nSPS) is 19.3. The van der Waals surface area contributed by atoms with Gasteiger partial charge >= 0.3 is 0 Å². The number of amides is 1. The van der Waals surface area contributed by atoms with Crippen LogP contribution in [0.2, 0.25) is 0 Å². The minimum absolute atomic E-state index is 0.189. The fraction of sp³-hybridized carbons (Fsp3) is 0. The van der Waals surface area contributed by atoms with Crippen molar-refractivity contribution in [1.29, 1.82) is 0 Å². The van der Waals surface area contributed by atoms with E-state index in [4.69, 9.17) is 0 Å². The second-order valence-electron chi connectivity index (χ2n) is 5.10. The average molecular weight is 287 g/mol. The third kappa shape index (κ3) is 2.02. The topological polar surface area (TPSA) is 53.5 Å². The standard InChI is InChI=1S/C18H13N3O/c22-18-16(17(20-21-18)13-7-2-1-3-8-13)15-11-10-12-6-4-5-9-14(12)19-15/h1-11,19H,(H,21,22)/b16-15-. The van der Waals surface area contributed by atoms with Crippen LogP contribution in [0, 0.1) is 0 Å². The molecule has 4 rings (SSSR count). The van der Waals surface area contributed by atoms with Gasteiger partial charge in [0, 0.05) is 11.3 Å². The number of hydrogen-bond donors (Lipinski definition) is 2. The zero-order valence-electron chi connectivity index (χ0n) is 11.7. The first-order valence-electron chi connectivity index (χ1n) is 7.05. The van der Waals surface area contributed by atoms with Gasteiger partial charge < -0.3 is 5.32 Å². The molecule has 106 valence electrons. The Balaban J connectivity index is 1.81. The van der Waals surface area contributed by atoms with E-state index in [0.717, 1.165) is 22.5 Å². The molecule has 0 spiro atoms. The molecule has 4 heteroatoms. The van der Waals surface area contributed by atoms with E-state index in [2.05, 4.69) is 15.8 Å². The van der Waals surface area contributed by atoms with Crippen molar-refractivity contribution in [2.45, 2.75) is 0 Å². The van der Waals surface area contributed by atoms with Crippen LogP contribution in [0.5, 0.6) is 0 Å². The van der Waals surface area contributed by atoms with Crippen molar-refractivity contribution in [1.82, 2.24) is 5.43 Å². The fourth-order valence-electron chi connectivity index (χ4n) is 2.64. The van der Waals surface area contributed by atoms with Gasteiger partial charge in [0.15, 0.2) is 0 Å². The lowest BCUT2D eigenvalue weighted by Gasteiger charge is -2.17. The Labute approximate surface area is 127 Å². The second kappa shape index (κ2) is 5.00. The quantitative estimate of drug-likeness (QED) is 0.792. The van der Waals surface area contributed by atoms with E-state index >= 15 is 0 Å². The van der Waals surface area contributed by atoms with Crippen molar-refractivity contribution in [2.75, 3.05) is 5.32 Å². The van der Waals surface area contributed by atoms with Gasteiger partial charge in [-0.1, -0.05) is 54.6 Å². The largest absolute Gasteiger partial charge is 0.354 e. The molecule has 2 aliphatic heterocycles. The Morgan fingerprint density at radius 2 is 1.64 bits per heavy atom. The molecule has 22 heavy (non-hydrogen) atoms. The van der Waals surface area contributed by atoms with Gasteiger partial charge in [-0.05, 0) is 17.7 Å². The summed E-state index contributed by atoms with van der Waals surface area (Å²) in [7, 11) is 0. The highest BCUT2D eigenvalue weighted by Crippen LogP contribution is 2.28. The predicted octanol–water partition coefficient (Wildman–Crippen LogP) is 2.91. The molecule has 4 nitrogen and oxygen atoms in total. The maximum absolute atomic E-state index is 12.2. The van der Waals surface area contributed by atoms with Crippen molar-refractivity contribution in [3.63, 3.8) is 0 Å². The molecular weight excluding hydrogens is 274 g/mol. The first-order valence-corrected chi connectivity index (χ1v) is 7.05. The summed E-state index contributed by atoms with van der Waals surface area (Å²) >= 11 is 0. The molecule has 0 fully saturated rings. The number of rotatable bonds is 1. The van der Waals surface area contributed by atoms with Crippen molar-refractivity contribution < 1.29 is 4.79 Å². The fourth-order valence-corrected chi connectivity index (χ4v) is 2.64. The van der Waals surface area contributed by atoms with Crippen molar-refractivity contribution in [3.05, 3.63) is 83.1 Å². The number of nitrogens with zero attached hydrogens (tertiary/aromatic N) is 1. The third-order valence-electron chi connectivity index (χ3n) is 3.71. The van der Waals surface area contributed by atoms with Gasteiger partial charge in [0.1, 0.15) is 5.71 Å². The molecular formula is C18H13N3O. The van der Waals surface area contributed by atoms with E-state index in [0.29, 0.717) is 11.3 Å². The summed E-state index contributed by atoms with van der Waals surface area (Å²) < 4.78 is 0. The van der Waals surface area contributed by atoms with Crippen LogP contribution in [-0.2, 0) is 4.79 Å². The van der Waals surface area contributed by atoms with Crippen LogP contribution in [0.15, 0.2) is 77.0 Å². The van der Waals surface area contributed by atoms with Gasteiger partial charge in [-0.2, -0.15) is 5.10 Å². The summed E-state index contributed by atoms with van der Waals surface area (Å²) in [5, 5.41) is 7.51. The van der Waals surface area contributed by atoms with Crippen LogP contribution in [-0.4, -0.2) is 11.6 Å². The molecule has 0 aliphatic carbocycles. The Hall–Kier alpha value is -3.14. The number of para-hydroxylation sites is 1. The van der Waals surface area contributed by atoms with Gasteiger partial charge in [0.05, 0.1) is 11.3 Å². The molecule has 2 aromatic carbocycles. The van der Waals surface area contributed by atoms with Gasteiger partial charge in [-0.3, -0.25) is 4.79 Å². The Kier molecular flexibility index (Phi) is 2.86. The highest BCUT2D eigenvalue weighted by molar-refractivity contribution is 6.31. The highest BCUT2D eigenvalue weighted by Gasteiger charge is 2.28. The maximum atomic E-state index is 12.2. The molecule has 0 saturated carbocycles. The van der Waals surface area contributed by atoms with Crippen LogP contribution >= 0.6 is 0 Å². The van der Waals surface area contributed by atoms with Gasteiger partial charge in [0.25, 0.3) is 5.91 Å². The first kappa shape index (κ1) is 12.6. The van der Waals surface area contributed by atoms with Crippen LogP contribution in [0.4, 0.5) is 5.69 Å². The number of carbonyl (C=O) groups is 1. The minimum atomic E-state index is -0.189. The van der Waals surface area contributed by atoms with Crippen LogP contribution in [0.1, 0.15) is 11.1 Å². The summed E-state index contributed by atoms with van der Waals surface area (Å²) in [6.45, 7) is 0. The number of allylic oxidation sites excluding steroid dienone is 1. The molecule has 0 radical (unpaired) electrons. The third-order valence-corrected chi connectivity index (χ3v) is 3.71. The average Bonchev–Trinajstić information content (AvgIpc) is 2.97. The van der Waals surface area contributed by atoms with E-state index in [-0.39, 0.29) is 5.91 Å². The van der Waals surface area contributed by atoms with Crippen molar-refractivity contribution >= 4 is 23.4 Å². The van der Waals surface area contributed by atoms with Gasteiger partial charge in [0.2, 0.25) is 0 Å². The van der Waals surface area contributed by atoms with Crippen LogP contribution in [0.3, 0.4) is 0 Å². The maximum Gasteiger partial charge on any atom is 0.275 e. The van der Waals surface area contributed by atoms with E-state index < -0.39 is 0 Å². The smallest absolute Gasteiger partial charge is 0.275 e. The zero-order chi connectivity index (χ0) is 14.9. The number of hydrazone groups is 1. The molecule has 2 aliphatic rings. The lowest BCUT2D eigenvalue weighted by atomic mass is 9.98. The Morgan fingerprint density at radius 1 is 0.864 bits per heavy atom.